The van der Waals surface area contributed by atoms with E-state index in [1.807, 2.05) is 19.9 Å². The molecule has 1 aliphatic carbocycles. The molecular formula is C19H27F3N4O2. The van der Waals surface area contributed by atoms with Crippen LogP contribution >= 0.6 is 0 Å². The van der Waals surface area contributed by atoms with Crippen molar-refractivity contribution in [2.75, 3.05) is 0 Å². The topological polar surface area (TPSA) is 76.0 Å². The fraction of sp³-hybridized carbons (Fsp3) is 0.632. The Labute approximate surface area is 162 Å². The average Bonchev–Trinajstić information content (AvgIpc) is 3.32. The van der Waals surface area contributed by atoms with Gasteiger partial charge in [-0.15, -0.1) is 0 Å². The summed E-state index contributed by atoms with van der Waals surface area (Å²) < 4.78 is 39.3. The third-order valence-electron chi connectivity index (χ3n) is 4.58. The lowest BCUT2D eigenvalue weighted by atomic mass is 10.0. The van der Waals surface area contributed by atoms with Crippen LogP contribution in [0.15, 0.2) is 24.0 Å². The Morgan fingerprint density at radius 1 is 1.36 bits per heavy atom. The van der Waals surface area contributed by atoms with Crippen LogP contribution < -0.4 is 10.6 Å². The number of carbonyl (C=O) groups is 2. The minimum absolute atomic E-state index is 0.0286. The fourth-order valence-corrected chi connectivity index (χ4v) is 2.75. The molecule has 6 nitrogen and oxygen atoms in total. The number of rotatable bonds is 8. The highest BCUT2D eigenvalue weighted by molar-refractivity contribution is 5.89. The molecule has 1 aromatic heterocycles. The monoisotopic (exact) mass is 400 g/mol. The average molecular weight is 400 g/mol. The van der Waals surface area contributed by atoms with E-state index in [1.54, 1.807) is 13.8 Å². The van der Waals surface area contributed by atoms with Gasteiger partial charge < -0.3 is 10.6 Å². The van der Waals surface area contributed by atoms with Crippen LogP contribution in [-0.2, 0) is 22.3 Å². The number of carbonyl (C=O) groups excluding carboxylic acids is 2. The standard InChI is InChI=1S/C19H27F3N4O2/c1-5-12(2)8-15(24-16(27)13-6-7-13)17(28)25-18(3,4)11-26-10-14(9-23-26)19(20,21)22/h5,9-10,13,15H,6-8,11H2,1-4H3,(H,24,27)(H,25,28)/b12-5+/t15-/m1/s1. The first-order chi connectivity index (χ1) is 12.9. The number of hydrogen-bond acceptors (Lipinski definition) is 3. The van der Waals surface area contributed by atoms with Crippen LogP contribution in [0.1, 0.15) is 52.5 Å². The van der Waals surface area contributed by atoms with Crippen LogP contribution in [0.3, 0.4) is 0 Å². The first-order valence-corrected chi connectivity index (χ1v) is 9.25. The van der Waals surface area contributed by atoms with Crippen LogP contribution in [0, 0.1) is 5.92 Å². The molecular weight excluding hydrogens is 373 g/mol. The molecule has 28 heavy (non-hydrogen) atoms. The minimum atomic E-state index is -4.46. The van der Waals surface area contributed by atoms with Crippen LogP contribution in [0.4, 0.5) is 13.2 Å². The summed E-state index contributed by atoms with van der Waals surface area (Å²) in [6.07, 6.45) is 1.10. The largest absolute Gasteiger partial charge is 0.419 e. The van der Waals surface area contributed by atoms with Gasteiger partial charge >= 0.3 is 6.18 Å². The number of amides is 2. The third kappa shape index (κ3) is 6.38. The number of halogens is 3. The Morgan fingerprint density at radius 2 is 2.00 bits per heavy atom. The van der Waals surface area contributed by atoms with E-state index in [2.05, 4.69) is 15.7 Å². The van der Waals surface area contributed by atoms with Crippen molar-refractivity contribution in [3.05, 3.63) is 29.6 Å². The van der Waals surface area contributed by atoms with Crippen molar-refractivity contribution >= 4 is 11.8 Å². The normalized spacial score (nSPS) is 16.6. The number of aromatic nitrogens is 2. The number of nitrogens with one attached hydrogen (secondary N) is 2. The lowest BCUT2D eigenvalue weighted by molar-refractivity contribution is -0.137. The Bertz CT molecular complexity index is 749. The van der Waals surface area contributed by atoms with E-state index in [1.165, 1.54) is 0 Å². The zero-order valence-corrected chi connectivity index (χ0v) is 16.6. The van der Waals surface area contributed by atoms with E-state index in [-0.39, 0.29) is 24.3 Å². The van der Waals surface area contributed by atoms with Crippen molar-refractivity contribution in [3.8, 4) is 0 Å². The highest BCUT2D eigenvalue weighted by Crippen LogP contribution is 2.29. The molecule has 0 aromatic carbocycles. The van der Waals surface area contributed by atoms with Gasteiger partial charge in [-0.1, -0.05) is 11.6 Å². The predicted octanol–water partition coefficient (Wildman–Crippen LogP) is 3.05. The summed E-state index contributed by atoms with van der Waals surface area (Å²) in [5.74, 6) is -0.536. The second-order valence-corrected chi connectivity index (χ2v) is 7.97. The predicted molar refractivity (Wildman–Crippen MR) is 98.2 cm³/mol. The van der Waals surface area contributed by atoms with Crippen molar-refractivity contribution in [2.24, 2.45) is 5.92 Å². The molecule has 0 radical (unpaired) electrons. The van der Waals surface area contributed by atoms with Gasteiger partial charge in [-0.2, -0.15) is 18.3 Å². The summed E-state index contributed by atoms with van der Waals surface area (Å²) in [6.45, 7) is 7.18. The molecule has 156 valence electrons. The van der Waals surface area contributed by atoms with Crippen molar-refractivity contribution < 1.29 is 22.8 Å². The highest BCUT2D eigenvalue weighted by atomic mass is 19.4. The lowest BCUT2D eigenvalue weighted by Crippen LogP contribution is -2.55. The summed E-state index contributed by atoms with van der Waals surface area (Å²) in [4.78, 5) is 24.9. The van der Waals surface area contributed by atoms with Crippen LogP contribution in [0.25, 0.3) is 0 Å². The van der Waals surface area contributed by atoms with Gasteiger partial charge in [0.15, 0.2) is 0 Å². The van der Waals surface area contributed by atoms with Gasteiger partial charge in [-0.3, -0.25) is 14.3 Å². The summed E-state index contributed by atoms with van der Waals surface area (Å²) in [5.41, 5.74) is -0.748. The third-order valence-corrected chi connectivity index (χ3v) is 4.58. The number of nitrogens with zero attached hydrogens (tertiary/aromatic N) is 2. The van der Waals surface area contributed by atoms with Gasteiger partial charge in [0, 0.05) is 12.1 Å². The van der Waals surface area contributed by atoms with Gasteiger partial charge in [0.1, 0.15) is 6.04 Å². The molecule has 1 fully saturated rings. The molecule has 0 spiro atoms. The van der Waals surface area contributed by atoms with Crippen LogP contribution in [0.2, 0.25) is 0 Å². The van der Waals surface area contributed by atoms with Crippen molar-refractivity contribution in [2.45, 2.75) is 71.3 Å². The summed E-state index contributed by atoms with van der Waals surface area (Å²) in [7, 11) is 0. The first-order valence-electron chi connectivity index (χ1n) is 9.25. The lowest BCUT2D eigenvalue weighted by Gasteiger charge is -2.29. The van der Waals surface area contributed by atoms with Crippen molar-refractivity contribution in [1.82, 2.24) is 20.4 Å². The van der Waals surface area contributed by atoms with E-state index >= 15 is 0 Å². The SMILES string of the molecule is C/C=C(\C)C[C@@H](NC(=O)C1CC1)C(=O)NC(C)(C)Cn1cc(C(F)(F)F)cn1. The Morgan fingerprint density at radius 3 is 2.50 bits per heavy atom. The van der Waals surface area contributed by atoms with E-state index < -0.39 is 23.3 Å². The number of allylic oxidation sites excluding steroid dienone is 1. The number of alkyl halides is 3. The zero-order chi connectivity index (χ0) is 21.1. The van der Waals surface area contributed by atoms with E-state index in [0.717, 1.165) is 35.5 Å². The molecule has 1 aliphatic rings. The van der Waals surface area contributed by atoms with Crippen molar-refractivity contribution in [1.29, 1.82) is 0 Å². The van der Waals surface area contributed by atoms with Gasteiger partial charge in [0.05, 0.1) is 23.8 Å². The van der Waals surface area contributed by atoms with Gasteiger partial charge in [-0.05, 0) is 47.0 Å². The van der Waals surface area contributed by atoms with Crippen LogP contribution in [-0.4, -0.2) is 33.2 Å². The second-order valence-electron chi connectivity index (χ2n) is 7.97. The van der Waals surface area contributed by atoms with Crippen molar-refractivity contribution in [3.63, 3.8) is 0 Å². The first kappa shape index (κ1) is 22.0. The molecule has 1 atom stereocenters. The van der Waals surface area contributed by atoms with Gasteiger partial charge in [0.25, 0.3) is 0 Å². The Hall–Kier alpha value is -2.32. The van der Waals surface area contributed by atoms with E-state index in [4.69, 9.17) is 0 Å². The summed E-state index contributed by atoms with van der Waals surface area (Å²) >= 11 is 0. The van der Waals surface area contributed by atoms with Gasteiger partial charge in [-0.25, -0.2) is 0 Å². The maximum atomic E-state index is 12.8. The maximum Gasteiger partial charge on any atom is 0.419 e. The molecule has 0 unspecified atom stereocenters. The van der Waals surface area contributed by atoms with E-state index in [0.29, 0.717) is 6.42 Å². The maximum absolute atomic E-state index is 12.8. The molecule has 2 rings (SSSR count). The van der Waals surface area contributed by atoms with Crippen LogP contribution in [0.5, 0.6) is 0 Å². The molecule has 0 bridgehead atoms. The molecule has 0 aliphatic heterocycles. The fourth-order valence-electron chi connectivity index (χ4n) is 2.75. The minimum Gasteiger partial charge on any atom is -0.348 e. The molecule has 0 saturated heterocycles. The Balaban J connectivity index is 2.04. The smallest absolute Gasteiger partial charge is 0.348 e. The molecule has 1 saturated carbocycles. The zero-order valence-electron chi connectivity index (χ0n) is 16.6. The summed E-state index contributed by atoms with van der Waals surface area (Å²) in [5, 5.41) is 9.34. The van der Waals surface area contributed by atoms with E-state index in [9.17, 15) is 22.8 Å². The second kappa shape index (κ2) is 8.36. The molecule has 1 heterocycles. The summed E-state index contributed by atoms with van der Waals surface area (Å²) in [6, 6.07) is -0.730. The Kier molecular flexibility index (Phi) is 6.56. The molecule has 2 N–H and O–H groups in total. The molecule has 2 amide bonds. The number of hydrogen-bond donors (Lipinski definition) is 2. The molecule has 9 heteroatoms. The highest BCUT2D eigenvalue weighted by Gasteiger charge is 2.35. The molecule has 1 aromatic rings. The van der Waals surface area contributed by atoms with Gasteiger partial charge in [0.2, 0.25) is 11.8 Å². The quantitative estimate of drug-likeness (QED) is 0.659.